The summed E-state index contributed by atoms with van der Waals surface area (Å²) in [6.07, 6.45) is 1.56. The SMILES string of the molecule is N#C/C(=C/c1cccc(OC(=O)c2ccc(F)c(F)c2F)c1)c1cccc(Cl)c1. The van der Waals surface area contributed by atoms with Crippen molar-refractivity contribution in [2.75, 3.05) is 0 Å². The number of esters is 1. The maximum absolute atomic E-state index is 13.8. The van der Waals surface area contributed by atoms with E-state index in [-0.39, 0.29) is 5.75 Å². The van der Waals surface area contributed by atoms with E-state index in [9.17, 15) is 23.2 Å². The molecule has 0 N–H and O–H groups in total. The molecule has 3 aromatic carbocycles. The van der Waals surface area contributed by atoms with Gasteiger partial charge in [0.05, 0.1) is 17.2 Å². The Morgan fingerprint density at radius 3 is 2.48 bits per heavy atom. The van der Waals surface area contributed by atoms with Crippen LogP contribution < -0.4 is 4.74 Å². The summed E-state index contributed by atoms with van der Waals surface area (Å²) in [5, 5.41) is 9.89. The summed E-state index contributed by atoms with van der Waals surface area (Å²) in [7, 11) is 0. The van der Waals surface area contributed by atoms with Crippen LogP contribution >= 0.6 is 11.6 Å². The fourth-order valence-electron chi connectivity index (χ4n) is 2.52. The Balaban J connectivity index is 1.87. The summed E-state index contributed by atoms with van der Waals surface area (Å²) in [6, 6.07) is 16.3. The summed E-state index contributed by atoms with van der Waals surface area (Å²) in [4.78, 5) is 12.1. The number of nitriles is 1. The average Bonchev–Trinajstić information content (AvgIpc) is 2.70. The molecular weight excluding hydrogens is 403 g/mol. The van der Waals surface area contributed by atoms with Crippen LogP contribution in [0.5, 0.6) is 5.75 Å². The molecule has 0 amide bonds. The summed E-state index contributed by atoms with van der Waals surface area (Å²) in [5.41, 5.74) is 0.716. The lowest BCUT2D eigenvalue weighted by Crippen LogP contribution is -2.12. The summed E-state index contributed by atoms with van der Waals surface area (Å²) in [5.74, 6) is -5.93. The molecular formula is C22H11ClF3NO2. The number of rotatable bonds is 4. The topological polar surface area (TPSA) is 50.1 Å². The molecule has 3 nitrogen and oxygen atoms in total. The summed E-state index contributed by atoms with van der Waals surface area (Å²) < 4.78 is 45.2. The van der Waals surface area contributed by atoms with Gasteiger partial charge in [0.2, 0.25) is 0 Å². The summed E-state index contributed by atoms with van der Waals surface area (Å²) in [6.45, 7) is 0. The van der Waals surface area contributed by atoms with Gasteiger partial charge in [-0.15, -0.1) is 0 Å². The van der Waals surface area contributed by atoms with E-state index in [1.807, 2.05) is 0 Å². The Morgan fingerprint density at radius 2 is 1.76 bits per heavy atom. The van der Waals surface area contributed by atoms with Gasteiger partial charge in [-0.25, -0.2) is 18.0 Å². The van der Waals surface area contributed by atoms with Crippen molar-refractivity contribution in [1.82, 2.24) is 0 Å². The number of hydrogen-bond donors (Lipinski definition) is 0. The van der Waals surface area contributed by atoms with E-state index >= 15 is 0 Å². The predicted molar refractivity (Wildman–Crippen MR) is 103 cm³/mol. The van der Waals surface area contributed by atoms with Gasteiger partial charge in [0, 0.05) is 5.02 Å². The van der Waals surface area contributed by atoms with Crippen LogP contribution in [0.4, 0.5) is 13.2 Å². The minimum absolute atomic E-state index is 0.0382. The smallest absolute Gasteiger partial charge is 0.346 e. The van der Waals surface area contributed by atoms with E-state index in [1.54, 1.807) is 42.5 Å². The van der Waals surface area contributed by atoms with E-state index in [1.165, 1.54) is 12.1 Å². The third-order valence-corrected chi connectivity index (χ3v) is 4.13. The van der Waals surface area contributed by atoms with Gasteiger partial charge in [-0.1, -0.05) is 35.9 Å². The van der Waals surface area contributed by atoms with Crippen LogP contribution in [-0.4, -0.2) is 5.97 Å². The van der Waals surface area contributed by atoms with Gasteiger partial charge in [0.1, 0.15) is 5.75 Å². The molecule has 3 aromatic rings. The largest absolute Gasteiger partial charge is 0.423 e. The van der Waals surface area contributed by atoms with Crippen molar-refractivity contribution in [3.05, 3.63) is 99.8 Å². The second-order valence-electron chi connectivity index (χ2n) is 5.87. The zero-order chi connectivity index (χ0) is 21.0. The van der Waals surface area contributed by atoms with Gasteiger partial charge in [-0.3, -0.25) is 0 Å². The number of nitrogens with zero attached hydrogens (tertiary/aromatic N) is 1. The first-order valence-electron chi connectivity index (χ1n) is 8.22. The van der Waals surface area contributed by atoms with Gasteiger partial charge in [0.25, 0.3) is 0 Å². The number of carbonyl (C=O) groups is 1. The fourth-order valence-corrected chi connectivity index (χ4v) is 2.71. The summed E-state index contributed by atoms with van der Waals surface area (Å²) >= 11 is 5.95. The van der Waals surface area contributed by atoms with Gasteiger partial charge in [-0.2, -0.15) is 5.26 Å². The van der Waals surface area contributed by atoms with Crippen molar-refractivity contribution in [2.24, 2.45) is 0 Å². The second kappa shape index (κ2) is 8.63. The van der Waals surface area contributed by atoms with E-state index in [0.29, 0.717) is 27.8 Å². The van der Waals surface area contributed by atoms with Gasteiger partial charge >= 0.3 is 5.97 Å². The highest BCUT2D eigenvalue weighted by Gasteiger charge is 2.20. The molecule has 0 heterocycles. The molecule has 0 bridgehead atoms. The quantitative estimate of drug-likeness (QED) is 0.172. The first kappa shape index (κ1) is 20.2. The first-order chi connectivity index (χ1) is 13.9. The lowest BCUT2D eigenvalue weighted by Gasteiger charge is -2.07. The van der Waals surface area contributed by atoms with Crippen LogP contribution in [0.15, 0.2) is 60.7 Å². The molecule has 0 radical (unpaired) electrons. The van der Waals surface area contributed by atoms with Crippen molar-refractivity contribution in [3.63, 3.8) is 0 Å². The maximum atomic E-state index is 13.8. The van der Waals surface area contributed by atoms with Crippen LogP contribution in [0.2, 0.25) is 5.02 Å². The highest BCUT2D eigenvalue weighted by Crippen LogP contribution is 2.24. The van der Waals surface area contributed by atoms with E-state index in [0.717, 1.165) is 6.07 Å². The van der Waals surface area contributed by atoms with Crippen LogP contribution in [0.25, 0.3) is 11.6 Å². The van der Waals surface area contributed by atoms with Crippen molar-refractivity contribution in [3.8, 4) is 11.8 Å². The van der Waals surface area contributed by atoms with E-state index < -0.39 is 29.0 Å². The molecule has 0 aliphatic rings. The molecule has 0 atom stereocenters. The third-order valence-electron chi connectivity index (χ3n) is 3.89. The van der Waals surface area contributed by atoms with Crippen molar-refractivity contribution < 1.29 is 22.7 Å². The number of ether oxygens (including phenoxy) is 1. The number of allylic oxidation sites excluding steroid dienone is 1. The molecule has 7 heteroatoms. The number of hydrogen-bond acceptors (Lipinski definition) is 3. The lowest BCUT2D eigenvalue weighted by atomic mass is 10.0. The molecule has 0 spiro atoms. The molecule has 0 aliphatic carbocycles. The first-order valence-corrected chi connectivity index (χ1v) is 8.60. The van der Waals surface area contributed by atoms with Gasteiger partial charge < -0.3 is 4.74 Å². The van der Waals surface area contributed by atoms with Crippen LogP contribution in [0, 0.1) is 28.8 Å². The average molecular weight is 414 g/mol. The molecule has 3 rings (SSSR count). The monoisotopic (exact) mass is 413 g/mol. The third kappa shape index (κ3) is 4.65. The molecule has 29 heavy (non-hydrogen) atoms. The predicted octanol–water partition coefficient (Wildman–Crippen LogP) is 6.04. The zero-order valence-electron chi connectivity index (χ0n) is 14.6. The van der Waals surface area contributed by atoms with E-state index in [4.69, 9.17) is 16.3 Å². The Hall–Kier alpha value is -3.56. The Morgan fingerprint density at radius 1 is 1.00 bits per heavy atom. The minimum Gasteiger partial charge on any atom is -0.423 e. The molecule has 0 saturated heterocycles. The Bertz CT molecular complexity index is 1170. The molecule has 144 valence electrons. The Kier molecular flexibility index (Phi) is 6.01. The Labute approximate surface area is 169 Å². The van der Waals surface area contributed by atoms with Crippen molar-refractivity contribution >= 4 is 29.2 Å². The van der Waals surface area contributed by atoms with Crippen LogP contribution in [0.1, 0.15) is 21.5 Å². The number of benzene rings is 3. The molecule has 0 saturated carbocycles. The van der Waals surface area contributed by atoms with Gasteiger partial charge in [0.15, 0.2) is 17.5 Å². The van der Waals surface area contributed by atoms with Crippen molar-refractivity contribution in [2.45, 2.75) is 0 Å². The highest BCUT2D eigenvalue weighted by molar-refractivity contribution is 6.30. The minimum atomic E-state index is -1.75. The second-order valence-corrected chi connectivity index (χ2v) is 6.30. The normalized spacial score (nSPS) is 11.1. The molecule has 0 unspecified atom stereocenters. The number of carbonyl (C=O) groups excluding carboxylic acids is 1. The van der Waals surface area contributed by atoms with Crippen LogP contribution in [-0.2, 0) is 0 Å². The molecule has 0 aliphatic heterocycles. The van der Waals surface area contributed by atoms with Gasteiger partial charge in [-0.05, 0) is 53.6 Å². The standard InChI is InChI=1S/C22H11ClF3NO2/c23-16-5-2-4-14(11-16)15(12-27)9-13-3-1-6-17(10-13)29-22(28)18-7-8-19(24)21(26)20(18)25/h1-11H/b15-9-. The van der Waals surface area contributed by atoms with E-state index in [2.05, 4.69) is 6.07 Å². The zero-order valence-corrected chi connectivity index (χ0v) is 15.4. The maximum Gasteiger partial charge on any atom is 0.346 e. The molecule has 0 fully saturated rings. The molecule has 0 aromatic heterocycles. The number of halogens is 4. The highest BCUT2D eigenvalue weighted by atomic mass is 35.5. The van der Waals surface area contributed by atoms with Crippen LogP contribution in [0.3, 0.4) is 0 Å². The lowest BCUT2D eigenvalue weighted by molar-refractivity contribution is 0.0728. The van der Waals surface area contributed by atoms with Crippen molar-refractivity contribution in [1.29, 1.82) is 5.26 Å². The fraction of sp³-hybridized carbons (Fsp3) is 0.